The van der Waals surface area contributed by atoms with Crippen LogP contribution in [0.1, 0.15) is 0 Å². The summed E-state index contributed by atoms with van der Waals surface area (Å²) < 4.78 is 4.17. The normalized spacial score (nSPS) is 10.5. The third kappa shape index (κ3) is 0.620. The van der Waals surface area contributed by atoms with Crippen LogP contribution < -0.4 is 4.40 Å². The van der Waals surface area contributed by atoms with Crippen LogP contribution in [0.2, 0.25) is 0 Å². The summed E-state index contributed by atoms with van der Waals surface area (Å²) >= 11 is 0. The fourth-order valence-electron chi connectivity index (χ4n) is 1.12. The molecule has 0 aliphatic heterocycles. The second-order valence-corrected chi connectivity index (χ2v) is 2.38. The average molecular weight is 133 g/mol. The molecule has 2 heteroatoms. The first kappa shape index (κ1) is 5.47. The van der Waals surface area contributed by atoms with Gasteiger partial charge in [0.15, 0.2) is 0 Å². The minimum atomic E-state index is 1.21. The van der Waals surface area contributed by atoms with Crippen LogP contribution in [-0.2, 0) is 7.05 Å². The molecule has 2 aromatic heterocycles. The maximum atomic E-state index is 2.08. The smallest absolute Gasteiger partial charge is 0.233 e. The molecule has 2 heterocycles. The van der Waals surface area contributed by atoms with E-state index in [0.717, 1.165) is 0 Å². The predicted molar refractivity (Wildman–Crippen MR) is 38.6 cm³/mol. The Morgan fingerprint density at radius 1 is 1.30 bits per heavy atom. The molecular formula is C8H9N2+. The van der Waals surface area contributed by atoms with Gasteiger partial charge in [-0.15, -0.1) is 0 Å². The Bertz CT molecular complexity index is 349. The molecule has 0 radical (unpaired) electrons. The van der Waals surface area contributed by atoms with Gasteiger partial charge in [0, 0.05) is 6.07 Å². The molecule has 0 spiro atoms. The van der Waals surface area contributed by atoms with E-state index in [4.69, 9.17) is 0 Å². The van der Waals surface area contributed by atoms with Crippen molar-refractivity contribution in [2.75, 3.05) is 0 Å². The van der Waals surface area contributed by atoms with Gasteiger partial charge in [0.25, 0.3) is 5.65 Å². The largest absolute Gasteiger partial charge is 0.285 e. The molecule has 0 saturated carbocycles. The fraction of sp³-hybridized carbons (Fsp3) is 0.125. The van der Waals surface area contributed by atoms with Crippen molar-refractivity contribution in [2.45, 2.75) is 0 Å². The SMILES string of the molecule is Cn1cc[n+]2ccccc12. The van der Waals surface area contributed by atoms with Gasteiger partial charge < -0.3 is 0 Å². The van der Waals surface area contributed by atoms with Crippen molar-refractivity contribution in [3.05, 3.63) is 36.8 Å². The van der Waals surface area contributed by atoms with Crippen molar-refractivity contribution in [1.82, 2.24) is 4.57 Å². The van der Waals surface area contributed by atoms with Crippen LogP contribution in [-0.4, -0.2) is 4.57 Å². The summed E-state index contributed by atoms with van der Waals surface area (Å²) in [6.45, 7) is 0. The minimum Gasteiger partial charge on any atom is -0.233 e. The molecule has 0 unspecified atom stereocenters. The topological polar surface area (TPSA) is 9.03 Å². The highest BCUT2D eigenvalue weighted by Gasteiger charge is 2.00. The van der Waals surface area contributed by atoms with Crippen LogP contribution in [0.4, 0.5) is 0 Å². The summed E-state index contributed by atoms with van der Waals surface area (Å²) in [5.74, 6) is 0. The Kier molecular flexibility index (Phi) is 1.01. The predicted octanol–water partition coefficient (Wildman–Crippen LogP) is 0.764. The number of fused-ring (bicyclic) bond motifs is 1. The molecule has 0 bridgehead atoms. The highest BCUT2D eigenvalue weighted by Crippen LogP contribution is 1.92. The van der Waals surface area contributed by atoms with Crippen molar-refractivity contribution < 1.29 is 4.40 Å². The Hall–Kier alpha value is -1.31. The first-order chi connectivity index (χ1) is 4.88. The Balaban J connectivity index is 2.93. The number of rotatable bonds is 0. The molecular weight excluding hydrogens is 124 g/mol. The first-order valence-electron chi connectivity index (χ1n) is 3.29. The van der Waals surface area contributed by atoms with E-state index in [9.17, 15) is 0 Å². The van der Waals surface area contributed by atoms with E-state index in [1.165, 1.54) is 5.65 Å². The average Bonchev–Trinajstić information content (AvgIpc) is 2.34. The monoisotopic (exact) mass is 133 g/mol. The molecule has 0 aliphatic carbocycles. The van der Waals surface area contributed by atoms with Crippen molar-refractivity contribution in [3.63, 3.8) is 0 Å². The van der Waals surface area contributed by atoms with Gasteiger partial charge in [-0.3, -0.25) is 0 Å². The van der Waals surface area contributed by atoms with Crippen LogP contribution in [0.25, 0.3) is 5.65 Å². The van der Waals surface area contributed by atoms with E-state index in [0.29, 0.717) is 0 Å². The first-order valence-corrected chi connectivity index (χ1v) is 3.29. The lowest BCUT2D eigenvalue weighted by Gasteiger charge is -1.84. The highest BCUT2D eigenvalue weighted by atomic mass is 15.1. The van der Waals surface area contributed by atoms with Crippen LogP contribution in [0.15, 0.2) is 36.8 Å². The van der Waals surface area contributed by atoms with Crippen LogP contribution in [0, 0.1) is 0 Å². The number of nitrogens with zero attached hydrogens (tertiary/aromatic N) is 2. The third-order valence-electron chi connectivity index (χ3n) is 1.68. The maximum absolute atomic E-state index is 2.08. The zero-order valence-electron chi connectivity index (χ0n) is 5.86. The number of aryl methyl sites for hydroxylation is 1. The molecule has 0 aromatic carbocycles. The molecule has 10 heavy (non-hydrogen) atoms. The molecule has 2 nitrogen and oxygen atoms in total. The molecule has 0 amide bonds. The number of hydrogen-bond acceptors (Lipinski definition) is 0. The molecule has 50 valence electrons. The van der Waals surface area contributed by atoms with E-state index in [-0.39, 0.29) is 0 Å². The zero-order chi connectivity index (χ0) is 6.97. The fourth-order valence-corrected chi connectivity index (χ4v) is 1.12. The quantitative estimate of drug-likeness (QED) is 0.469. The summed E-state index contributed by atoms with van der Waals surface area (Å²) in [6, 6.07) is 6.14. The molecule has 0 aliphatic rings. The maximum Gasteiger partial charge on any atom is 0.285 e. The second-order valence-electron chi connectivity index (χ2n) is 2.38. The van der Waals surface area contributed by atoms with Gasteiger partial charge in [0.2, 0.25) is 0 Å². The van der Waals surface area contributed by atoms with Gasteiger partial charge >= 0.3 is 0 Å². The highest BCUT2D eigenvalue weighted by molar-refractivity contribution is 5.28. The van der Waals surface area contributed by atoms with E-state index in [1.54, 1.807) is 0 Å². The van der Waals surface area contributed by atoms with Gasteiger partial charge in [-0.1, -0.05) is 6.07 Å². The standard InChI is InChI=1S/C8H9N2/c1-9-6-7-10-5-3-2-4-8(9)10/h2-7H,1H3/q+1. The lowest BCUT2D eigenvalue weighted by Crippen LogP contribution is -2.17. The molecule has 2 aromatic rings. The summed E-state index contributed by atoms with van der Waals surface area (Å²) in [5, 5.41) is 0. The van der Waals surface area contributed by atoms with Crippen LogP contribution >= 0.6 is 0 Å². The Labute approximate surface area is 59.3 Å². The Morgan fingerprint density at radius 3 is 3.00 bits per heavy atom. The van der Waals surface area contributed by atoms with Crippen molar-refractivity contribution >= 4 is 5.65 Å². The Morgan fingerprint density at radius 2 is 2.20 bits per heavy atom. The second kappa shape index (κ2) is 1.84. The lowest BCUT2D eigenvalue weighted by molar-refractivity contribution is -0.510. The summed E-state index contributed by atoms with van der Waals surface area (Å²) in [6.07, 6.45) is 6.11. The van der Waals surface area contributed by atoms with Gasteiger partial charge in [-0.2, -0.15) is 0 Å². The van der Waals surface area contributed by atoms with E-state index in [2.05, 4.69) is 15.0 Å². The third-order valence-corrected chi connectivity index (χ3v) is 1.68. The van der Waals surface area contributed by atoms with Crippen molar-refractivity contribution in [1.29, 1.82) is 0 Å². The molecule has 0 atom stereocenters. The molecule has 0 N–H and O–H groups in total. The van der Waals surface area contributed by atoms with Crippen molar-refractivity contribution in [3.8, 4) is 0 Å². The van der Waals surface area contributed by atoms with Gasteiger partial charge in [0.05, 0.1) is 13.2 Å². The van der Waals surface area contributed by atoms with Gasteiger partial charge in [-0.05, 0) is 6.07 Å². The van der Waals surface area contributed by atoms with E-state index in [1.807, 2.05) is 37.8 Å². The minimum absolute atomic E-state index is 1.21. The summed E-state index contributed by atoms with van der Waals surface area (Å²) in [7, 11) is 2.04. The lowest BCUT2D eigenvalue weighted by atomic mass is 10.5. The van der Waals surface area contributed by atoms with Crippen molar-refractivity contribution in [2.24, 2.45) is 7.05 Å². The van der Waals surface area contributed by atoms with Gasteiger partial charge in [-0.25, -0.2) is 8.97 Å². The number of imidazole rings is 1. The van der Waals surface area contributed by atoms with Crippen LogP contribution in [0.5, 0.6) is 0 Å². The van der Waals surface area contributed by atoms with Crippen LogP contribution in [0.3, 0.4) is 0 Å². The van der Waals surface area contributed by atoms with Gasteiger partial charge in [0.1, 0.15) is 12.4 Å². The summed E-state index contributed by atoms with van der Waals surface area (Å²) in [4.78, 5) is 0. The summed E-state index contributed by atoms with van der Waals surface area (Å²) in [5.41, 5.74) is 1.21. The number of aromatic nitrogens is 2. The van der Waals surface area contributed by atoms with E-state index < -0.39 is 0 Å². The molecule has 2 rings (SSSR count). The van der Waals surface area contributed by atoms with E-state index >= 15 is 0 Å². The number of hydrogen-bond donors (Lipinski definition) is 0. The number of pyridine rings is 1. The molecule has 0 fully saturated rings. The molecule has 0 saturated heterocycles. The zero-order valence-corrected chi connectivity index (χ0v) is 5.86.